The van der Waals surface area contributed by atoms with Gasteiger partial charge in [-0.2, -0.15) is 0 Å². The quantitative estimate of drug-likeness (QED) is 0.577. The minimum absolute atomic E-state index is 0.407. The Labute approximate surface area is 113 Å². The number of hydrogen-bond donors (Lipinski definition) is 1. The van der Waals surface area contributed by atoms with Gasteiger partial charge in [0.15, 0.2) is 0 Å². The van der Waals surface area contributed by atoms with Gasteiger partial charge in [-0.25, -0.2) is 0 Å². The SMILES string of the molecule is COCCNCC(C)(CCOCC(C)C)C1CC1. The van der Waals surface area contributed by atoms with E-state index in [1.54, 1.807) is 7.11 Å². The van der Waals surface area contributed by atoms with Gasteiger partial charge in [-0.15, -0.1) is 0 Å². The third-order valence-electron chi connectivity index (χ3n) is 3.84. The molecule has 3 nitrogen and oxygen atoms in total. The van der Waals surface area contributed by atoms with Gasteiger partial charge in [0.1, 0.15) is 0 Å². The highest BCUT2D eigenvalue weighted by Crippen LogP contribution is 2.47. The summed E-state index contributed by atoms with van der Waals surface area (Å²) in [6.07, 6.45) is 3.96. The summed E-state index contributed by atoms with van der Waals surface area (Å²) in [6, 6.07) is 0. The monoisotopic (exact) mass is 257 g/mol. The Bertz CT molecular complexity index is 217. The minimum atomic E-state index is 0.407. The van der Waals surface area contributed by atoms with Crippen LogP contribution in [0.2, 0.25) is 0 Å². The van der Waals surface area contributed by atoms with Crippen molar-refractivity contribution < 1.29 is 9.47 Å². The van der Waals surface area contributed by atoms with Crippen LogP contribution in [0.1, 0.15) is 40.0 Å². The number of hydrogen-bond acceptors (Lipinski definition) is 3. The molecular weight excluding hydrogens is 226 g/mol. The van der Waals surface area contributed by atoms with E-state index in [4.69, 9.17) is 9.47 Å². The molecule has 0 aromatic carbocycles. The third-order valence-corrected chi connectivity index (χ3v) is 3.84. The van der Waals surface area contributed by atoms with Crippen molar-refractivity contribution >= 4 is 0 Å². The molecule has 1 atom stereocenters. The summed E-state index contributed by atoms with van der Waals surface area (Å²) in [5.74, 6) is 1.53. The average Bonchev–Trinajstić information content (AvgIpc) is 3.14. The lowest BCUT2D eigenvalue weighted by Crippen LogP contribution is -2.36. The number of nitrogens with one attached hydrogen (secondary N) is 1. The Balaban J connectivity index is 2.20. The second kappa shape index (κ2) is 8.13. The molecule has 1 N–H and O–H groups in total. The predicted octanol–water partition coefficient (Wildman–Crippen LogP) is 2.70. The summed E-state index contributed by atoms with van der Waals surface area (Å²) in [7, 11) is 1.75. The normalized spacial score (nSPS) is 19.2. The summed E-state index contributed by atoms with van der Waals surface area (Å²) in [5, 5.41) is 3.52. The molecule has 1 rings (SSSR count). The summed E-state index contributed by atoms with van der Waals surface area (Å²) in [6.45, 7) is 11.4. The molecule has 0 aromatic heterocycles. The van der Waals surface area contributed by atoms with Crippen molar-refractivity contribution in [1.29, 1.82) is 0 Å². The van der Waals surface area contributed by atoms with E-state index in [0.29, 0.717) is 11.3 Å². The van der Waals surface area contributed by atoms with Gasteiger partial charge in [-0.05, 0) is 36.5 Å². The molecular formula is C15H31NO2. The molecule has 0 amide bonds. The van der Waals surface area contributed by atoms with Crippen LogP contribution in [0.25, 0.3) is 0 Å². The van der Waals surface area contributed by atoms with Crippen LogP contribution in [0.4, 0.5) is 0 Å². The van der Waals surface area contributed by atoms with E-state index in [2.05, 4.69) is 26.1 Å². The lowest BCUT2D eigenvalue weighted by atomic mass is 9.81. The molecule has 0 radical (unpaired) electrons. The Morgan fingerprint density at radius 3 is 2.56 bits per heavy atom. The van der Waals surface area contributed by atoms with Crippen LogP contribution in [-0.2, 0) is 9.47 Å². The average molecular weight is 257 g/mol. The van der Waals surface area contributed by atoms with Crippen LogP contribution in [0.15, 0.2) is 0 Å². The molecule has 18 heavy (non-hydrogen) atoms. The molecule has 1 fully saturated rings. The third kappa shape index (κ3) is 6.17. The molecule has 1 saturated carbocycles. The maximum Gasteiger partial charge on any atom is 0.0587 e. The zero-order valence-corrected chi connectivity index (χ0v) is 12.6. The van der Waals surface area contributed by atoms with Crippen molar-refractivity contribution in [2.75, 3.05) is 40.0 Å². The topological polar surface area (TPSA) is 30.5 Å². The molecule has 0 saturated heterocycles. The van der Waals surface area contributed by atoms with Crippen LogP contribution in [0.3, 0.4) is 0 Å². The van der Waals surface area contributed by atoms with E-state index in [1.807, 2.05) is 0 Å². The lowest BCUT2D eigenvalue weighted by molar-refractivity contribution is 0.0728. The Morgan fingerprint density at radius 1 is 1.28 bits per heavy atom. The first-order chi connectivity index (χ1) is 8.58. The molecule has 0 aromatic rings. The second-order valence-corrected chi connectivity index (χ2v) is 6.32. The van der Waals surface area contributed by atoms with Crippen molar-refractivity contribution in [3.8, 4) is 0 Å². The molecule has 0 bridgehead atoms. The van der Waals surface area contributed by atoms with Crippen molar-refractivity contribution in [3.05, 3.63) is 0 Å². The number of methoxy groups -OCH3 is 1. The Kier molecular flexibility index (Phi) is 7.20. The van der Waals surface area contributed by atoms with Gasteiger partial charge in [-0.1, -0.05) is 20.8 Å². The molecule has 3 heteroatoms. The van der Waals surface area contributed by atoms with Gasteiger partial charge in [0, 0.05) is 33.4 Å². The fourth-order valence-electron chi connectivity index (χ4n) is 2.39. The first-order valence-electron chi connectivity index (χ1n) is 7.36. The van der Waals surface area contributed by atoms with Crippen molar-refractivity contribution in [2.24, 2.45) is 17.3 Å². The predicted molar refractivity (Wildman–Crippen MR) is 75.9 cm³/mol. The second-order valence-electron chi connectivity index (χ2n) is 6.32. The van der Waals surface area contributed by atoms with E-state index in [9.17, 15) is 0 Å². The van der Waals surface area contributed by atoms with Gasteiger partial charge >= 0.3 is 0 Å². The van der Waals surface area contributed by atoms with Crippen LogP contribution in [0, 0.1) is 17.3 Å². The van der Waals surface area contributed by atoms with Crippen LogP contribution >= 0.6 is 0 Å². The standard InChI is InChI=1S/C15H31NO2/c1-13(2)11-18-9-7-15(3,14-5-6-14)12-16-8-10-17-4/h13-14,16H,5-12H2,1-4H3. The van der Waals surface area contributed by atoms with Gasteiger partial charge in [-0.3, -0.25) is 0 Å². The minimum Gasteiger partial charge on any atom is -0.383 e. The summed E-state index contributed by atoms with van der Waals surface area (Å²) >= 11 is 0. The molecule has 108 valence electrons. The maximum absolute atomic E-state index is 5.74. The molecule has 1 aliphatic rings. The van der Waals surface area contributed by atoms with E-state index < -0.39 is 0 Å². The van der Waals surface area contributed by atoms with Gasteiger partial charge in [0.25, 0.3) is 0 Å². The van der Waals surface area contributed by atoms with Crippen LogP contribution in [-0.4, -0.2) is 40.0 Å². The van der Waals surface area contributed by atoms with E-state index >= 15 is 0 Å². The zero-order chi connectivity index (χ0) is 13.4. The maximum atomic E-state index is 5.74. The number of rotatable bonds is 11. The molecule has 0 spiro atoms. The van der Waals surface area contributed by atoms with Crippen molar-refractivity contribution in [3.63, 3.8) is 0 Å². The smallest absolute Gasteiger partial charge is 0.0587 e. The molecule has 0 heterocycles. The first kappa shape index (κ1) is 15.9. The fraction of sp³-hybridized carbons (Fsp3) is 1.00. The number of ether oxygens (including phenoxy) is 2. The van der Waals surface area contributed by atoms with E-state index in [-0.39, 0.29) is 0 Å². The highest BCUT2D eigenvalue weighted by molar-refractivity contribution is 4.92. The summed E-state index contributed by atoms with van der Waals surface area (Å²) in [5.41, 5.74) is 0.407. The lowest BCUT2D eigenvalue weighted by Gasteiger charge is -2.30. The van der Waals surface area contributed by atoms with Crippen LogP contribution in [0.5, 0.6) is 0 Å². The summed E-state index contributed by atoms with van der Waals surface area (Å²) < 4.78 is 10.8. The van der Waals surface area contributed by atoms with Crippen molar-refractivity contribution in [1.82, 2.24) is 5.32 Å². The zero-order valence-electron chi connectivity index (χ0n) is 12.6. The molecule has 1 unspecified atom stereocenters. The van der Waals surface area contributed by atoms with E-state index in [0.717, 1.165) is 38.8 Å². The highest BCUT2D eigenvalue weighted by atomic mass is 16.5. The summed E-state index contributed by atoms with van der Waals surface area (Å²) in [4.78, 5) is 0. The van der Waals surface area contributed by atoms with Crippen LogP contribution < -0.4 is 5.32 Å². The highest BCUT2D eigenvalue weighted by Gasteiger charge is 2.40. The largest absolute Gasteiger partial charge is 0.383 e. The first-order valence-corrected chi connectivity index (χ1v) is 7.36. The van der Waals surface area contributed by atoms with Gasteiger partial charge in [0.05, 0.1) is 6.61 Å². The fourth-order valence-corrected chi connectivity index (χ4v) is 2.39. The van der Waals surface area contributed by atoms with Crippen molar-refractivity contribution in [2.45, 2.75) is 40.0 Å². The van der Waals surface area contributed by atoms with E-state index in [1.165, 1.54) is 19.3 Å². The Hall–Kier alpha value is -0.120. The molecule has 0 aliphatic heterocycles. The molecule has 1 aliphatic carbocycles. The van der Waals surface area contributed by atoms with Gasteiger partial charge < -0.3 is 14.8 Å². The van der Waals surface area contributed by atoms with Gasteiger partial charge in [0.2, 0.25) is 0 Å². The Morgan fingerprint density at radius 2 is 2.00 bits per heavy atom.